The van der Waals surface area contributed by atoms with Crippen LogP contribution in [-0.2, 0) is 10.0 Å². The zero-order chi connectivity index (χ0) is 14.8. The standard InChI is InChI=1S/C9H8Br2F3NO3S/c10-5-1-2-7(6(11)3-5)19(17,18)15-4-8(16)9(12,13)14/h1-3,8,15-16H,4H2. The van der Waals surface area contributed by atoms with Gasteiger partial charge in [0, 0.05) is 15.5 Å². The molecule has 1 aromatic rings. The Morgan fingerprint density at radius 3 is 2.37 bits per heavy atom. The van der Waals surface area contributed by atoms with E-state index in [1.54, 1.807) is 4.72 Å². The molecule has 0 amide bonds. The average molecular weight is 427 g/mol. The van der Waals surface area contributed by atoms with Gasteiger partial charge in [0.1, 0.15) is 0 Å². The van der Waals surface area contributed by atoms with Crippen LogP contribution in [0.15, 0.2) is 32.0 Å². The Kier molecular flexibility index (Phi) is 5.41. The third-order valence-electron chi connectivity index (χ3n) is 2.03. The summed E-state index contributed by atoms with van der Waals surface area (Å²) in [7, 11) is -4.14. The molecule has 108 valence electrons. The lowest BCUT2D eigenvalue weighted by Gasteiger charge is -2.15. The van der Waals surface area contributed by atoms with Gasteiger partial charge in [-0.2, -0.15) is 13.2 Å². The first-order valence-electron chi connectivity index (χ1n) is 4.73. The van der Waals surface area contributed by atoms with E-state index >= 15 is 0 Å². The maximum Gasteiger partial charge on any atom is 0.415 e. The van der Waals surface area contributed by atoms with Crippen molar-refractivity contribution in [2.24, 2.45) is 0 Å². The lowest BCUT2D eigenvalue weighted by Crippen LogP contribution is -2.40. The fourth-order valence-corrected chi connectivity index (χ4v) is 3.86. The third kappa shape index (κ3) is 4.71. The minimum atomic E-state index is -4.88. The van der Waals surface area contributed by atoms with Crippen LogP contribution in [0.1, 0.15) is 0 Å². The van der Waals surface area contributed by atoms with Gasteiger partial charge in [-0.3, -0.25) is 0 Å². The number of sulfonamides is 1. The summed E-state index contributed by atoms with van der Waals surface area (Å²) >= 11 is 6.11. The average Bonchev–Trinajstić information content (AvgIpc) is 2.24. The van der Waals surface area contributed by atoms with Gasteiger partial charge in [0.15, 0.2) is 6.10 Å². The van der Waals surface area contributed by atoms with Crippen LogP contribution >= 0.6 is 31.9 Å². The van der Waals surface area contributed by atoms with Crippen LogP contribution in [0.25, 0.3) is 0 Å². The van der Waals surface area contributed by atoms with E-state index < -0.39 is 28.8 Å². The second-order valence-electron chi connectivity index (χ2n) is 3.48. The van der Waals surface area contributed by atoms with Crippen LogP contribution in [0.2, 0.25) is 0 Å². The molecule has 0 saturated heterocycles. The number of nitrogens with one attached hydrogen (secondary N) is 1. The largest absolute Gasteiger partial charge is 0.415 e. The minimum Gasteiger partial charge on any atom is -0.382 e. The van der Waals surface area contributed by atoms with Crippen molar-refractivity contribution in [3.05, 3.63) is 27.1 Å². The number of rotatable bonds is 4. The van der Waals surface area contributed by atoms with Crippen molar-refractivity contribution in [1.29, 1.82) is 0 Å². The molecule has 2 N–H and O–H groups in total. The Balaban J connectivity index is 2.88. The molecule has 0 heterocycles. The van der Waals surface area contributed by atoms with Gasteiger partial charge in [-0.05, 0) is 34.1 Å². The summed E-state index contributed by atoms with van der Waals surface area (Å²) in [5, 5.41) is 8.74. The summed E-state index contributed by atoms with van der Waals surface area (Å²) < 4.78 is 62.2. The van der Waals surface area contributed by atoms with E-state index in [1.807, 2.05) is 0 Å². The summed E-state index contributed by atoms with van der Waals surface area (Å²) in [6.45, 7) is -1.14. The summed E-state index contributed by atoms with van der Waals surface area (Å²) in [6, 6.07) is 4.09. The summed E-state index contributed by atoms with van der Waals surface area (Å²) in [4.78, 5) is -0.218. The first kappa shape index (κ1) is 16.9. The van der Waals surface area contributed by atoms with E-state index in [0.717, 1.165) is 0 Å². The SMILES string of the molecule is O=S(=O)(NCC(O)C(F)(F)F)c1ccc(Br)cc1Br. The highest BCUT2D eigenvalue weighted by molar-refractivity contribution is 9.11. The molecular weight excluding hydrogens is 419 g/mol. The Morgan fingerprint density at radius 1 is 1.32 bits per heavy atom. The second-order valence-corrected chi connectivity index (χ2v) is 6.99. The molecule has 1 aromatic carbocycles. The zero-order valence-electron chi connectivity index (χ0n) is 9.08. The molecule has 0 saturated carbocycles. The molecule has 0 aromatic heterocycles. The molecule has 1 atom stereocenters. The van der Waals surface area contributed by atoms with Gasteiger partial charge in [-0.15, -0.1) is 0 Å². The summed E-state index contributed by atoms with van der Waals surface area (Å²) in [5.41, 5.74) is 0. The number of alkyl halides is 3. The number of aliphatic hydroxyl groups excluding tert-OH is 1. The molecule has 4 nitrogen and oxygen atoms in total. The number of hydrogen-bond acceptors (Lipinski definition) is 3. The van der Waals surface area contributed by atoms with E-state index in [0.29, 0.717) is 4.47 Å². The van der Waals surface area contributed by atoms with Gasteiger partial charge < -0.3 is 5.11 Å². The lowest BCUT2D eigenvalue weighted by molar-refractivity contribution is -0.200. The van der Waals surface area contributed by atoms with Gasteiger partial charge in [-0.25, -0.2) is 13.1 Å². The number of benzene rings is 1. The van der Waals surface area contributed by atoms with Crippen LogP contribution in [0, 0.1) is 0 Å². The Hall–Kier alpha value is -0.160. The van der Waals surface area contributed by atoms with Crippen LogP contribution in [-0.4, -0.2) is 32.3 Å². The molecule has 1 unspecified atom stereocenters. The van der Waals surface area contributed by atoms with Crippen molar-refractivity contribution in [3.8, 4) is 0 Å². The van der Waals surface area contributed by atoms with Gasteiger partial charge in [0.05, 0.1) is 4.90 Å². The van der Waals surface area contributed by atoms with E-state index in [4.69, 9.17) is 5.11 Å². The van der Waals surface area contributed by atoms with Crippen molar-refractivity contribution < 1.29 is 26.7 Å². The van der Waals surface area contributed by atoms with Gasteiger partial charge in [-0.1, -0.05) is 15.9 Å². The molecule has 1 rings (SSSR count). The van der Waals surface area contributed by atoms with Gasteiger partial charge in [0.2, 0.25) is 10.0 Å². The van der Waals surface area contributed by atoms with Crippen molar-refractivity contribution in [2.75, 3.05) is 6.54 Å². The Morgan fingerprint density at radius 2 is 1.89 bits per heavy atom. The first-order chi connectivity index (χ1) is 8.54. The van der Waals surface area contributed by atoms with Gasteiger partial charge >= 0.3 is 6.18 Å². The highest BCUT2D eigenvalue weighted by atomic mass is 79.9. The summed E-state index contributed by atoms with van der Waals surface area (Å²) in [6.07, 6.45) is -7.63. The van der Waals surface area contributed by atoms with Crippen molar-refractivity contribution in [3.63, 3.8) is 0 Å². The lowest BCUT2D eigenvalue weighted by atomic mass is 10.4. The van der Waals surface area contributed by atoms with E-state index in [-0.39, 0.29) is 9.37 Å². The van der Waals surface area contributed by atoms with Crippen molar-refractivity contribution >= 4 is 41.9 Å². The maximum absolute atomic E-state index is 12.1. The van der Waals surface area contributed by atoms with Crippen LogP contribution in [0.5, 0.6) is 0 Å². The summed E-state index contributed by atoms with van der Waals surface area (Å²) in [5.74, 6) is 0. The fraction of sp³-hybridized carbons (Fsp3) is 0.333. The maximum atomic E-state index is 12.1. The molecule has 0 aliphatic rings. The predicted molar refractivity (Wildman–Crippen MR) is 69.1 cm³/mol. The third-order valence-corrected chi connectivity index (χ3v) is 4.92. The number of aliphatic hydroxyl groups is 1. The van der Waals surface area contributed by atoms with Crippen molar-refractivity contribution in [2.45, 2.75) is 17.2 Å². The molecule has 0 aliphatic heterocycles. The Bertz CT molecular complexity index is 562. The number of halogens is 5. The highest BCUT2D eigenvalue weighted by Gasteiger charge is 2.38. The van der Waals surface area contributed by atoms with Gasteiger partial charge in [0.25, 0.3) is 0 Å². The first-order valence-corrected chi connectivity index (χ1v) is 7.80. The van der Waals surface area contributed by atoms with Crippen LogP contribution < -0.4 is 4.72 Å². The van der Waals surface area contributed by atoms with Crippen molar-refractivity contribution in [1.82, 2.24) is 4.72 Å². The van der Waals surface area contributed by atoms with E-state index in [9.17, 15) is 21.6 Å². The molecule has 0 aliphatic carbocycles. The molecular formula is C9H8Br2F3NO3S. The molecule has 0 fully saturated rings. The number of hydrogen-bond donors (Lipinski definition) is 2. The van der Waals surface area contributed by atoms with Crippen LogP contribution in [0.4, 0.5) is 13.2 Å². The Labute approximate surface area is 124 Å². The van der Waals surface area contributed by atoms with Crippen LogP contribution in [0.3, 0.4) is 0 Å². The fourth-order valence-electron chi connectivity index (χ4n) is 1.08. The topological polar surface area (TPSA) is 66.4 Å². The molecule has 10 heteroatoms. The normalized spacial score (nSPS) is 14.4. The highest BCUT2D eigenvalue weighted by Crippen LogP contribution is 2.26. The molecule has 19 heavy (non-hydrogen) atoms. The van der Waals surface area contributed by atoms with E-state index in [1.165, 1.54) is 18.2 Å². The second kappa shape index (κ2) is 6.08. The minimum absolute atomic E-state index is 0.191. The monoisotopic (exact) mass is 425 g/mol. The zero-order valence-corrected chi connectivity index (χ0v) is 13.1. The quantitative estimate of drug-likeness (QED) is 0.776. The smallest absolute Gasteiger partial charge is 0.382 e. The molecule has 0 bridgehead atoms. The molecule has 0 spiro atoms. The van der Waals surface area contributed by atoms with E-state index in [2.05, 4.69) is 31.9 Å². The predicted octanol–water partition coefficient (Wildman–Crippen LogP) is 2.41. The molecule has 0 radical (unpaired) electrons.